The molecule has 8 heteroatoms. The number of hydrogen-bond acceptors (Lipinski definition) is 4. The van der Waals surface area contributed by atoms with Gasteiger partial charge in [0.25, 0.3) is 0 Å². The number of nitrogens with zero attached hydrogens (tertiary/aromatic N) is 4. The molecule has 0 N–H and O–H groups in total. The molecule has 25 heavy (non-hydrogen) atoms. The first kappa shape index (κ1) is 18.3. The Hall–Kier alpha value is -1.53. The fourth-order valence-electron chi connectivity index (χ4n) is 2.06. The largest absolute Gasteiger partial charge is 0.212 e. The molecule has 0 spiro atoms. The van der Waals surface area contributed by atoms with Gasteiger partial charge >= 0.3 is 0 Å². The molecule has 0 amide bonds. The highest BCUT2D eigenvalue weighted by Gasteiger charge is 2.11. The summed E-state index contributed by atoms with van der Waals surface area (Å²) in [4.78, 5) is 0. The van der Waals surface area contributed by atoms with Crippen LogP contribution in [0.15, 0.2) is 52.7 Å². The van der Waals surface area contributed by atoms with Crippen molar-refractivity contribution in [3.8, 4) is 0 Å². The zero-order chi connectivity index (χ0) is 17.8. The molecule has 4 nitrogen and oxygen atoms in total. The van der Waals surface area contributed by atoms with Crippen molar-refractivity contribution in [2.24, 2.45) is 5.10 Å². The SMILES string of the molecule is Cc1nnc(SCc2ccccc2)n1/N=C/c1c(Cl)ccc(Cl)c1Cl. The maximum absolute atomic E-state index is 6.21. The Morgan fingerprint density at radius 1 is 1.04 bits per heavy atom. The first-order valence-electron chi connectivity index (χ1n) is 7.33. The Labute approximate surface area is 164 Å². The van der Waals surface area contributed by atoms with Crippen LogP contribution < -0.4 is 0 Å². The van der Waals surface area contributed by atoms with Crippen LogP contribution >= 0.6 is 46.6 Å². The van der Waals surface area contributed by atoms with Crippen molar-refractivity contribution in [3.05, 3.63) is 74.5 Å². The molecule has 0 saturated carbocycles. The molecule has 0 aliphatic carbocycles. The van der Waals surface area contributed by atoms with Gasteiger partial charge < -0.3 is 0 Å². The van der Waals surface area contributed by atoms with Gasteiger partial charge in [-0.05, 0) is 24.6 Å². The summed E-state index contributed by atoms with van der Waals surface area (Å²) in [6.07, 6.45) is 1.57. The predicted molar refractivity (Wildman–Crippen MR) is 105 cm³/mol. The van der Waals surface area contributed by atoms with Crippen molar-refractivity contribution in [1.82, 2.24) is 14.9 Å². The molecule has 0 radical (unpaired) electrons. The highest BCUT2D eigenvalue weighted by atomic mass is 35.5. The number of halogens is 3. The minimum Gasteiger partial charge on any atom is -0.192 e. The molecule has 1 heterocycles. The molecule has 3 rings (SSSR count). The molecule has 2 aromatic carbocycles. The second-order valence-corrected chi connectivity index (χ2v) is 7.25. The first-order valence-corrected chi connectivity index (χ1v) is 9.45. The molecular formula is C17H13Cl3N4S. The van der Waals surface area contributed by atoms with Crippen molar-refractivity contribution in [2.75, 3.05) is 0 Å². The van der Waals surface area contributed by atoms with Crippen molar-refractivity contribution < 1.29 is 0 Å². The lowest BCUT2D eigenvalue weighted by molar-refractivity contribution is 0.744. The van der Waals surface area contributed by atoms with E-state index in [4.69, 9.17) is 34.8 Å². The van der Waals surface area contributed by atoms with Gasteiger partial charge in [0.05, 0.1) is 21.3 Å². The smallest absolute Gasteiger partial charge is 0.192 e. The lowest BCUT2D eigenvalue weighted by atomic mass is 10.2. The van der Waals surface area contributed by atoms with E-state index < -0.39 is 0 Å². The summed E-state index contributed by atoms with van der Waals surface area (Å²) in [5.74, 6) is 1.44. The number of hydrogen-bond donors (Lipinski definition) is 0. The van der Waals surface area contributed by atoms with E-state index in [1.807, 2.05) is 25.1 Å². The van der Waals surface area contributed by atoms with Crippen molar-refractivity contribution in [3.63, 3.8) is 0 Å². The van der Waals surface area contributed by atoms with Crippen LogP contribution in [0.5, 0.6) is 0 Å². The molecule has 3 aromatic rings. The van der Waals surface area contributed by atoms with Gasteiger partial charge in [-0.1, -0.05) is 76.9 Å². The summed E-state index contributed by atoms with van der Waals surface area (Å²) in [5.41, 5.74) is 1.76. The lowest BCUT2D eigenvalue weighted by Gasteiger charge is -2.05. The summed E-state index contributed by atoms with van der Waals surface area (Å²) in [7, 11) is 0. The molecule has 0 fully saturated rings. The fourth-order valence-corrected chi connectivity index (χ4v) is 3.58. The molecule has 0 unspecified atom stereocenters. The third kappa shape index (κ3) is 4.36. The maximum Gasteiger partial charge on any atom is 0.212 e. The Bertz CT molecular complexity index is 910. The van der Waals surface area contributed by atoms with Crippen molar-refractivity contribution in [2.45, 2.75) is 17.8 Å². The number of rotatable bonds is 5. The molecule has 0 bridgehead atoms. The monoisotopic (exact) mass is 410 g/mol. The summed E-state index contributed by atoms with van der Waals surface area (Å²) in [6.45, 7) is 1.83. The van der Waals surface area contributed by atoms with Gasteiger partial charge in [0, 0.05) is 11.3 Å². The maximum atomic E-state index is 6.21. The van der Waals surface area contributed by atoms with Gasteiger partial charge in [-0.3, -0.25) is 0 Å². The van der Waals surface area contributed by atoms with Gasteiger partial charge in [-0.2, -0.15) is 9.78 Å². The van der Waals surface area contributed by atoms with E-state index in [2.05, 4.69) is 27.4 Å². The van der Waals surface area contributed by atoms with Gasteiger partial charge in [0.2, 0.25) is 5.16 Å². The Kier molecular flexibility index (Phi) is 6.02. The Morgan fingerprint density at radius 2 is 1.76 bits per heavy atom. The second kappa shape index (κ2) is 8.23. The molecule has 0 aliphatic heterocycles. The highest BCUT2D eigenvalue weighted by molar-refractivity contribution is 7.98. The van der Waals surface area contributed by atoms with Crippen LogP contribution in [0.4, 0.5) is 0 Å². The zero-order valence-electron chi connectivity index (χ0n) is 13.2. The number of thioether (sulfide) groups is 1. The van der Waals surface area contributed by atoms with Gasteiger partial charge in [0.15, 0.2) is 5.82 Å². The summed E-state index contributed by atoms with van der Waals surface area (Å²) in [6, 6.07) is 13.5. The van der Waals surface area contributed by atoms with E-state index in [-0.39, 0.29) is 0 Å². The third-order valence-electron chi connectivity index (χ3n) is 3.36. The van der Waals surface area contributed by atoms with E-state index in [0.29, 0.717) is 31.6 Å². The van der Waals surface area contributed by atoms with Gasteiger partial charge in [-0.15, -0.1) is 10.2 Å². The minimum absolute atomic E-state index is 0.363. The minimum atomic E-state index is 0.363. The van der Waals surface area contributed by atoms with Crippen LogP contribution in [0.1, 0.15) is 17.0 Å². The third-order valence-corrected chi connectivity index (χ3v) is 5.50. The van der Waals surface area contributed by atoms with Crippen LogP contribution in [0.2, 0.25) is 15.1 Å². The lowest BCUT2D eigenvalue weighted by Crippen LogP contribution is -1.97. The van der Waals surface area contributed by atoms with E-state index in [1.165, 1.54) is 5.56 Å². The second-order valence-electron chi connectivity index (χ2n) is 5.12. The van der Waals surface area contributed by atoms with Crippen LogP contribution in [0, 0.1) is 6.92 Å². The van der Waals surface area contributed by atoms with Crippen LogP contribution in [-0.2, 0) is 5.75 Å². The van der Waals surface area contributed by atoms with E-state index in [1.54, 1.807) is 34.8 Å². The first-order chi connectivity index (χ1) is 12.1. The standard InChI is InChI=1S/C17H13Cl3N4S/c1-11-22-23-17(25-10-12-5-3-2-4-6-12)24(11)21-9-13-14(18)7-8-15(19)16(13)20/h2-9H,10H2,1H3/b21-9+. The Morgan fingerprint density at radius 3 is 2.52 bits per heavy atom. The summed E-state index contributed by atoms with van der Waals surface area (Å²) < 4.78 is 1.65. The summed E-state index contributed by atoms with van der Waals surface area (Å²) >= 11 is 20.0. The number of benzene rings is 2. The topological polar surface area (TPSA) is 43.1 Å². The fraction of sp³-hybridized carbons (Fsp3) is 0.118. The molecule has 128 valence electrons. The Balaban J connectivity index is 1.84. The molecule has 0 atom stereocenters. The van der Waals surface area contributed by atoms with Crippen LogP contribution in [0.3, 0.4) is 0 Å². The van der Waals surface area contributed by atoms with E-state index >= 15 is 0 Å². The average Bonchev–Trinajstić information content (AvgIpc) is 2.97. The summed E-state index contributed by atoms with van der Waals surface area (Å²) in [5, 5.41) is 14.6. The number of aryl methyl sites for hydroxylation is 1. The van der Waals surface area contributed by atoms with E-state index in [0.717, 1.165) is 5.75 Å². The zero-order valence-corrected chi connectivity index (χ0v) is 16.2. The van der Waals surface area contributed by atoms with Crippen LogP contribution in [0.25, 0.3) is 0 Å². The van der Waals surface area contributed by atoms with Crippen molar-refractivity contribution in [1.29, 1.82) is 0 Å². The predicted octanol–water partition coefficient (Wildman–Crippen LogP) is 5.72. The highest BCUT2D eigenvalue weighted by Crippen LogP contribution is 2.30. The van der Waals surface area contributed by atoms with Crippen LogP contribution in [-0.4, -0.2) is 21.1 Å². The molecule has 0 saturated heterocycles. The normalized spacial score (nSPS) is 11.4. The van der Waals surface area contributed by atoms with Gasteiger partial charge in [-0.25, -0.2) is 0 Å². The van der Waals surface area contributed by atoms with Crippen molar-refractivity contribution >= 4 is 52.8 Å². The molecule has 0 aliphatic rings. The molecular weight excluding hydrogens is 399 g/mol. The van der Waals surface area contributed by atoms with Gasteiger partial charge in [0.1, 0.15) is 0 Å². The average molecular weight is 412 g/mol. The van der Waals surface area contributed by atoms with E-state index in [9.17, 15) is 0 Å². The molecule has 1 aromatic heterocycles. The number of aromatic nitrogens is 3. The quantitative estimate of drug-likeness (QED) is 0.306.